The standard InChI is InChI=1S/C9H18N2O5S2/c1-9(2)8(12)10-4-5-11(9)18(15,16)7-6-17(3,13)14/h4-7H2,1-3H3,(H,10,12). The van der Waals surface area contributed by atoms with Gasteiger partial charge in [-0.25, -0.2) is 16.8 Å². The number of amides is 1. The van der Waals surface area contributed by atoms with Gasteiger partial charge in [-0.2, -0.15) is 4.31 Å². The number of hydrogen-bond acceptors (Lipinski definition) is 5. The van der Waals surface area contributed by atoms with Gasteiger partial charge in [0.05, 0.1) is 11.5 Å². The largest absolute Gasteiger partial charge is 0.353 e. The molecule has 1 rings (SSSR count). The van der Waals surface area contributed by atoms with Crippen molar-refractivity contribution in [3.05, 3.63) is 0 Å². The van der Waals surface area contributed by atoms with E-state index < -0.39 is 36.9 Å². The first-order chi connectivity index (χ1) is 7.97. The molecule has 18 heavy (non-hydrogen) atoms. The number of piperazine rings is 1. The number of sulfone groups is 1. The summed E-state index contributed by atoms with van der Waals surface area (Å²) in [7, 11) is -7.12. The summed E-state index contributed by atoms with van der Waals surface area (Å²) in [4.78, 5) is 11.6. The summed E-state index contributed by atoms with van der Waals surface area (Å²) in [5.41, 5.74) is -1.19. The monoisotopic (exact) mass is 298 g/mol. The summed E-state index contributed by atoms with van der Waals surface area (Å²) in [5, 5.41) is 2.58. The van der Waals surface area contributed by atoms with Crippen LogP contribution in [0.5, 0.6) is 0 Å². The molecule has 1 saturated heterocycles. The number of carbonyl (C=O) groups excluding carboxylic acids is 1. The zero-order chi connectivity index (χ0) is 14.2. The van der Waals surface area contributed by atoms with Crippen LogP contribution in [0.15, 0.2) is 0 Å². The Morgan fingerprint density at radius 2 is 1.78 bits per heavy atom. The first kappa shape index (κ1) is 15.4. The van der Waals surface area contributed by atoms with Crippen molar-refractivity contribution in [1.82, 2.24) is 9.62 Å². The minimum absolute atomic E-state index is 0.158. The van der Waals surface area contributed by atoms with E-state index in [1.54, 1.807) is 0 Å². The minimum Gasteiger partial charge on any atom is -0.353 e. The number of rotatable bonds is 4. The van der Waals surface area contributed by atoms with Crippen molar-refractivity contribution in [2.75, 3.05) is 30.9 Å². The Labute approximate surface area is 108 Å². The third-order valence-corrected chi connectivity index (χ3v) is 6.06. The van der Waals surface area contributed by atoms with Gasteiger partial charge in [0.1, 0.15) is 15.4 Å². The molecule has 1 N–H and O–H groups in total. The predicted molar refractivity (Wildman–Crippen MR) is 67.3 cm³/mol. The van der Waals surface area contributed by atoms with Gasteiger partial charge in [-0.05, 0) is 13.8 Å². The molecule has 9 heteroatoms. The number of hydrogen-bond donors (Lipinski definition) is 1. The van der Waals surface area contributed by atoms with Crippen molar-refractivity contribution in [3.8, 4) is 0 Å². The molecule has 0 radical (unpaired) electrons. The molecule has 0 aromatic heterocycles. The Hall–Kier alpha value is -0.670. The molecule has 0 aromatic rings. The van der Waals surface area contributed by atoms with Gasteiger partial charge in [-0.3, -0.25) is 4.79 Å². The van der Waals surface area contributed by atoms with E-state index in [1.165, 1.54) is 13.8 Å². The minimum atomic E-state index is -3.76. The smallest absolute Gasteiger partial charge is 0.241 e. The van der Waals surface area contributed by atoms with Crippen LogP contribution in [0, 0.1) is 0 Å². The van der Waals surface area contributed by atoms with Crippen molar-refractivity contribution < 1.29 is 21.6 Å². The normalized spacial score (nSPS) is 21.6. The highest BCUT2D eigenvalue weighted by molar-refractivity contribution is 7.93. The van der Waals surface area contributed by atoms with Crippen molar-refractivity contribution in [2.24, 2.45) is 0 Å². The zero-order valence-electron chi connectivity index (χ0n) is 10.6. The van der Waals surface area contributed by atoms with Gasteiger partial charge in [-0.1, -0.05) is 0 Å². The zero-order valence-corrected chi connectivity index (χ0v) is 12.3. The van der Waals surface area contributed by atoms with Gasteiger partial charge in [0.2, 0.25) is 15.9 Å². The second-order valence-electron chi connectivity index (χ2n) is 4.83. The highest BCUT2D eigenvalue weighted by Crippen LogP contribution is 2.21. The third-order valence-electron chi connectivity index (χ3n) is 2.83. The summed E-state index contributed by atoms with van der Waals surface area (Å²) in [6, 6.07) is 0. The first-order valence-corrected chi connectivity index (χ1v) is 9.10. The van der Waals surface area contributed by atoms with Gasteiger partial charge in [0.25, 0.3) is 0 Å². The predicted octanol–water partition coefficient (Wildman–Crippen LogP) is -1.43. The van der Waals surface area contributed by atoms with Gasteiger partial charge in [0, 0.05) is 19.3 Å². The Kier molecular flexibility index (Phi) is 4.09. The maximum atomic E-state index is 12.1. The van der Waals surface area contributed by atoms with Crippen molar-refractivity contribution in [2.45, 2.75) is 19.4 Å². The van der Waals surface area contributed by atoms with E-state index in [0.29, 0.717) is 0 Å². The van der Waals surface area contributed by atoms with E-state index in [0.717, 1.165) is 10.6 Å². The molecule has 0 atom stereocenters. The van der Waals surface area contributed by atoms with Crippen molar-refractivity contribution in [1.29, 1.82) is 0 Å². The Morgan fingerprint density at radius 1 is 1.22 bits per heavy atom. The molecular weight excluding hydrogens is 280 g/mol. The maximum absolute atomic E-state index is 12.1. The van der Waals surface area contributed by atoms with Crippen LogP contribution in [0.3, 0.4) is 0 Å². The summed E-state index contributed by atoms with van der Waals surface area (Å²) in [6.45, 7) is 3.39. The SMILES string of the molecule is CC1(C)C(=O)NCCN1S(=O)(=O)CCS(C)(=O)=O. The summed E-state index contributed by atoms with van der Waals surface area (Å²) < 4.78 is 47.3. The van der Waals surface area contributed by atoms with Crippen LogP contribution in [-0.2, 0) is 24.7 Å². The fourth-order valence-corrected chi connectivity index (χ4v) is 5.16. The maximum Gasteiger partial charge on any atom is 0.241 e. The topological polar surface area (TPSA) is 101 Å². The van der Waals surface area contributed by atoms with Gasteiger partial charge >= 0.3 is 0 Å². The molecule has 0 bridgehead atoms. The molecule has 1 aliphatic heterocycles. The highest BCUT2D eigenvalue weighted by Gasteiger charge is 2.44. The Bertz CT molecular complexity index is 535. The molecule has 1 amide bonds. The van der Waals surface area contributed by atoms with E-state index in [1.807, 2.05) is 0 Å². The lowest BCUT2D eigenvalue weighted by Crippen LogP contribution is -2.63. The van der Waals surface area contributed by atoms with E-state index in [9.17, 15) is 21.6 Å². The van der Waals surface area contributed by atoms with Crippen LogP contribution in [0.4, 0.5) is 0 Å². The van der Waals surface area contributed by atoms with Gasteiger partial charge in [-0.15, -0.1) is 0 Å². The lowest BCUT2D eigenvalue weighted by Gasteiger charge is -2.39. The van der Waals surface area contributed by atoms with Crippen molar-refractivity contribution >= 4 is 25.8 Å². The highest BCUT2D eigenvalue weighted by atomic mass is 32.2. The third kappa shape index (κ3) is 3.42. The number of nitrogens with zero attached hydrogens (tertiary/aromatic N) is 1. The second kappa shape index (κ2) is 4.78. The van der Waals surface area contributed by atoms with Crippen LogP contribution >= 0.6 is 0 Å². The van der Waals surface area contributed by atoms with E-state index in [4.69, 9.17) is 0 Å². The van der Waals surface area contributed by atoms with Crippen LogP contribution in [0.25, 0.3) is 0 Å². The Balaban J connectivity index is 2.94. The molecule has 7 nitrogen and oxygen atoms in total. The lowest BCUT2D eigenvalue weighted by atomic mass is 10.0. The molecule has 0 aliphatic carbocycles. The van der Waals surface area contributed by atoms with E-state index >= 15 is 0 Å². The fraction of sp³-hybridized carbons (Fsp3) is 0.889. The van der Waals surface area contributed by atoms with Crippen LogP contribution in [-0.4, -0.2) is 63.4 Å². The quantitative estimate of drug-likeness (QED) is 0.686. The number of carbonyl (C=O) groups is 1. The molecule has 1 heterocycles. The molecular formula is C9H18N2O5S2. The number of sulfonamides is 1. The molecule has 0 unspecified atom stereocenters. The van der Waals surface area contributed by atoms with E-state index in [-0.39, 0.29) is 19.0 Å². The van der Waals surface area contributed by atoms with Crippen LogP contribution in [0.2, 0.25) is 0 Å². The number of nitrogens with one attached hydrogen (secondary N) is 1. The second-order valence-corrected chi connectivity index (χ2v) is 9.11. The van der Waals surface area contributed by atoms with Crippen molar-refractivity contribution in [3.63, 3.8) is 0 Å². The van der Waals surface area contributed by atoms with Crippen LogP contribution < -0.4 is 5.32 Å². The lowest BCUT2D eigenvalue weighted by molar-refractivity contribution is -0.131. The summed E-state index contributed by atoms with van der Waals surface area (Å²) in [5.74, 6) is -1.32. The molecule has 1 aliphatic rings. The van der Waals surface area contributed by atoms with Gasteiger partial charge in [0.15, 0.2) is 0 Å². The molecule has 106 valence electrons. The molecule has 1 fully saturated rings. The first-order valence-electron chi connectivity index (χ1n) is 5.43. The Morgan fingerprint density at radius 3 is 2.28 bits per heavy atom. The van der Waals surface area contributed by atoms with E-state index in [2.05, 4.69) is 5.32 Å². The average Bonchev–Trinajstić information content (AvgIpc) is 2.18. The molecule has 0 saturated carbocycles. The molecule has 0 spiro atoms. The summed E-state index contributed by atoms with van der Waals surface area (Å²) >= 11 is 0. The van der Waals surface area contributed by atoms with Gasteiger partial charge < -0.3 is 5.32 Å². The molecule has 0 aromatic carbocycles. The average molecular weight is 298 g/mol. The summed E-state index contributed by atoms with van der Waals surface area (Å²) in [6.07, 6.45) is 0.983. The fourth-order valence-electron chi connectivity index (χ4n) is 1.73. The van der Waals surface area contributed by atoms with Crippen LogP contribution in [0.1, 0.15) is 13.8 Å².